The zero-order valence-corrected chi connectivity index (χ0v) is 11.1. The summed E-state index contributed by atoms with van der Waals surface area (Å²) in [7, 11) is 0. The first-order valence-electron chi connectivity index (χ1n) is 6.47. The summed E-state index contributed by atoms with van der Waals surface area (Å²) >= 11 is 0. The predicted molar refractivity (Wildman–Crippen MR) is 76.9 cm³/mol. The molecule has 1 aromatic heterocycles. The number of benzene rings is 1. The first kappa shape index (κ1) is 12.6. The molecular formula is C16H20N2. The van der Waals surface area contributed by atoms with E-state index in [1.54, 1.807) is 0 Å². The summed E-state index contributed by atoms with van der Waals surface area (Å²) in [6, 6.07) is 12.7. The molecule has 0 saturated heterocycles. The van der Waals surface area contributed by atoms with Gasteiger partial charge in [-0.25, -0.2) is 0 Å². The summed E-state index contributed by atoms with van der Waals surface area (Å²) < 4.78 is 0. The lowest BCUT2D eigenvalue weighted by Crippen LogP contribution is -2.07. The number of nitrogens with zero attached hydrogens (tertiary/aromatic N) is 1. The van der Waals surface area contributed by atoms with E-state index in [2.05, 4.69) is 54.5 Å². The average Bonchev–Trinajstić information content (AvgIpc) is 2.42. The van der Waals surface area contributed by atoms with Crippen LogP contribution in [0.1, 0.15) is 30.4 Å². The van der Waals surface area contributed by atoms with Crippen molar-refractivity contribution in [3.8, 4) is 0 Å². The highest BCUT2D eigenvalue weighted by molar-refractivity contribution is 5.48. The van der Waals surface area contributed by atoms with Gasteiger partial charge in [-0.15, -0.1) is 0 Å². The molecule has 2 heteroatoms. The molecule has 1 atom stereocenters. The lowest BCUT2D eigenvalue weighted by Gasteiger charge is -2.14. The Morgan fingerprint density at radius 1 is 1.17 bits per heavy atom. The van der Waals surface area contributed by atoms with Gasteiger partial charge in [0.1, 0.15) is 0 Å². The van der Waals surface area contributed by atoms with E-state index < -0.39 is 0 Å². The van der Waals surface area contributed by atoms with Crippen LogP contribution in [0.4, 0.5) is 5.69 Å². The van der Waals surface area contributed by atoms with Crippen LogP contribution in [0.15, 0.2) is 48.8 Å². The Labute approximate surface area is 109 Å². The van der Waals surface area contributed by atoms with Crippen molar-refractivity contribution in [1.82, 2.24) is 4.98 Å². The second-order valence-corrected chi connectivity index (χ2v) is 4.72. The maximum absolute atomic E-state index is 4.10. The Bertz CT molecular complexity index is 479. The molecule has 94 valence electrons. The quantitative estimate of drug-likeness (QED) is 0.854. The number of hydrogen-bond acceptors (Lipinski definition) is 2. The van der Waals surface area contributed by atoms with Crippen LogP contribution in [-0.4, -0.2) is 11.5 Å². The molecule has 1 heterocycles. The molecule has 1 aromatic carbocycles. The molecule has 0 saturated carbocycles. The fourth-order valence-corrected chi connectivity index (χ4v) is 2.04. The van der Waals surface area contributed by atoms with Gasteiger partial charge in [-0.2, -0.15) is 0 Å². The van der Waals surface area contributed by atoms with E-state index in [1.165, 1.54) is 16.8 Å². The third kappa shape index (κ3) is 3.33. The molecule has 0 aliphatic rings. The lowest BCUT2D eigenvalue weighted by atomic mass is 9.98. The second kappa shape index (κ2) is 6.20. The molecule has 0 radical (unpaired) electrons. The molecule has 0 aliphatic heterocycles. The Kier molecular flexibility index (Phi) is 4.35. The zero-order chi connectivity index (χ0) is 12.8. The number of rotatable bonds is 5. The van der Waals surface area contributed by atoms with Gasteiger partial charge in [0.05, 0.1) is 0 Å². The number of pyridine rings is 1. The minimum absolute atomic E-state index is 0.584. The normalized spacial score (nSPS) is 12.1. The van der Waals surface area contributed by atoms with E-state index in [-0.39, 0.29) is 0 Å². The van der Waals surface area contributed by atoms with Crippen LogP contribution >= 0.6 is 0 Å². The van der Waals surface area contributed by atoms with Gasteiger partial charge in [0.2, 0.25) is 0 Å². The number of aromatic nitrogens is 1. The molecule has 18 heavy (non-hydrogen) atoms. The standard InChI is InChI=1S/C16H20N2/c1-13(15-6-4-3-5-7-15)8-11-18-16-9-10-17-12-14(16)2/h3-7,9-10,12-13H,8,11H2,1-2H3,(H,17,18). The third-order valence-electron chi connectivity index (χ3n) is 3.28. The molecule has 2 aromatic rings. The first-order chi connectivity index (χ1) is 8.77. The molecule has 0 bridgehead atoms. The highest BCUT2D eigenvalue weighted by atomic mass is 14.9. The van der Waals surface area contributed by atoms with Crippen LogP contribution in [0, 0.1) is 6.92 Å². The summed E-state index contributed by atoms with van der Waals surface area (Å²) in [5.41, 5.74) is 3.79. The van der Waals surface area contributed by atoms with Gasteiger partial charge in [0, 0.05) is 24.6 Å². The van der Waals surface area contributed by atoms with E-state index in [1.807, 2.05) is 18.5 Å². The number of nitrogens with one attached hydrogen (secondary N) is 1. The molecule has 2 rings (SSSR count). The second-order valence-electron chi connectivity index (χ2n) is 4.72. The number of hydrogen-bond donors (Lipinski definition) is 1. The van der Waals surface area contributed by atoms with Gasteiger partial charge in [-0.1, -0.05) is 37.3 Å². The summed E-state index contributed by atoms with van der Waals surface area (Å²) in [5.74, 6) is 0.584. The van der Waals surface area contributed by atoms with Crippen molar-refractivity contribution in [2.75, 3.05) is 11.9 Å². The van der Waals surface area contributed by atoms with Gasteiger partial charge in [-0.3, -0.25) is 4.98 Å². The lowest BCUT2D eigenvalue weighted by molar-refractivity contribution is 0.706. The highest BCUT2D eigenvalue weighted by Crippen LogP contribution is 2.19. The van der Waals surface area contributed by atoms with Crippen LogP contribution in [0.2, 0.25) is 0 Å². The zero-order valence-electron chi connectivity index (χ0n) is 11.1. The maximum atomic E-state index is 4.10. The number of aryl methyl sites for hydroxylation is 1. The molecule has 2 nitrogen and oxygen atoms in total. The Balaban J connectivity index is 1.84. The largest absolute Gasteiger partial charge is 0.385 e. The van der Waals surface area contributed by atoms with Crippen LogP contribution in [0.3, 0.4) is 0 Å². The average molecular weight is 240 g/mol. The van der Waals surface area contributed by atoms with Gasteiger partial charge < -0.3 is 5.32 Å². The molecule has 1 unspecified atom stereocenters. The van der Waals surface area contributed by atoms with Crippen molar-refractivity contribution in [2.24, 2.45) is 0 Å². The van der Waals surface area contributed by atoms with E-state index in [9.17, 15) is 0 Å². The van der Waals surface area contributed by atoms with Gasteiger partial charge in [0.15, 0.2) is 0 Å². The fourth-order valence-electron chi connectivity index (χ4n) is 2.04. The predicted octanol–water partition coefficient (Wildman–Crippen LogP) is 4.00. The Morgan fingerprint density at radius 3 is 2.67 bits per heavy atom. The number of anilines is 1. The molecular weight excluding hydrogens is 220 g/mol. The molecule has 0 amide bonds. The Hall–Kier alpha value is -1.83. The first-order valence-corrected chi connectivity index (χ1v) is 6.47. The van der Waals surface area contributed by atoms with Crippen molar-refractivity contribution in [1.29, 1.82) is 0 Å². The minimum atomic E-state index is 0.584. The fraction of sp³-hybridized carbons (Fsp3) is 0.312. The van der Waals surface area contributed by atoms with Gasteiger partial charge in [-0.05, 0) is 36.5 Å². The van der Waals surface area contributed by atoms with Crippen molar-refractivity contribution >= 4 is 5.69 Å². The minimum Gasteiger partial charge on any atom is -0.385 e. The van der Waals surface area contributed by atoms with Gasteiger partial charge in [0.25, 0.3) is 0 Å². The summed E-state index contributed by atoms with van der Waals surface area (Å²) in [5, 5.41) is 3.47. The topological polar surface area (TPSA) is 24.9 Å². The monoisotopic (exact) mass is 240 g/mol. The highest BCUT2D eigenvalue weighted by Gasteiger charge is 2.04. The van der Waals surface area contributed by atoms with Crippen molar-refractivity contribution in [2.45, 2.75) is 26.2 Å². The SMILES string of the molecule is Cc1cnccc1NCCC(C)c1ccccc1. The Morgan fingerprint density at radius 2 is 1.94 bits per heavy atom. The summed E-state index contributed by atoms with van der Waals surface area (Å²) in [6.07, 6.45) is 4.85. The van der Waals surface area contributed by atoms with Crippen molar-refractivity contribution in [3.63, 3.8) is 0 Å². The molecule has 1 N–H and O–H groups in total. The molecule has 0 aliphatic carbocycles. The van der Waals surface area contributed by atoms with E-state index >= 15 is 0 Å². The van der Waals surface area contributed by atoms with Crippen molar-refractivity contribution in [3.05, 3.63) is 59.9 Å². The third-order valence-corrected chi connectivity index (χ3v) is 3.28. The molecule has 0 fully saturated rings. The van der Waals surface area contributed by atoms with Crippen molar-refractivity contribution < 1.29 is 0 Å². The van der Waals surface area contributed by atoms with E-state index in [0.29, 0.717) is 5.92 Å². The van der Waals surface area contributed by atoms with E-state index in [0.717, 1.165) is 13.0 Å². The molecule has 0 spiro atoms. The summed E-state index contributed by atoms with van der Waals surface area (Å²) in [6.45, 7) is 5.34. The van der Waals surface area contributed by atoms with E-state index in [4.69, 9.17) is 0 Å². The van der Waals surface area contributed by atoms with Crippen LogP contribution in [0.5, 0.6) is 0 Å². The maximum Gasteiger partial charge on any atom is 0.0400 e. The van der Waals surface area contributed by atoms with Crippen LogP contribution in [-0.2, 0) is 0 Å². The summed E-state index contributed by atoms with van der Waals surface area (Å²) in [4.78, 5) is 4.10. The smallest absolute Gasteiger partial charge is 0.0400 e. The van der Waals surface area contributed by atoms with Gasteiger partial charge >= 0.3 is 0 Å². The van der Waals surface area contributed by atoms with Crippen LogP contribution in [0.25, 0.3) is 0 Å². The van der Waals surface area contributed by atoms with Crippen LogP contribution < -0.4 is 5.32 Å².